The third-order valence-electron chi connectivity index (χ3n) is 5.15. The molecule has 0 bridgehead atoms. The van der Waals surface area contributed by atoms with Crippen LogP contribution in [0.25, 0.3) is 0 Å². The van der Waals surface area contributed by atoms with E-state index in [1.807, 2.05) is 27.8 Å². The second-order valence-electron chi connectivity index (χ2n) is 6.68. The van der Waals surface area contributed by atoms with Crippen molar-refractivity contribution in [2.75, 3.05) is 20.2 Å². The number of ether oxygens (including phenoxy) is 1. The molecule has 1 saturated carbocycles. The van der Waals surface area contributed by atoms with Crippen LogP contribution in [0.15, 0.2) is 36.9 Å². The smallest absolute Gasteiger partial charge is 0.226 e. The van der Waals surface area contributed by atoms with Gasteiger partial charge in [0.15, 0.2) is 0 Å². The predicted molar refractivity (Wildman–Crippen MR) is 88.7 cm³/mol. The molecule has 1 aromatic heterocycles. The molecule has 1 aliphatic carbocycles. The van der Waals surface area contributed by atoms with Crippen LogP contribution in [0.3, 0.4) is 0 Å². The molecule has 4 rings (SSSR count). The molecule has 1 aromatic carbocycles. The zero-order valence-electron chi connectivity index (χ0n) is 13.8. The molecule has 3 atom stereocenters. The monoisotopic (exact) mass is 326 g/mol. The van der Waals surface area contributed by atoms with Crippen molar-refractivity contribution in [2.24, 2.45) is 5.92 Å². The molecule has 1 aliphatic heterocycles. The van der Waals surface area contributed by atoms with E-state index in [0.29, 0.717) is 5.92 Å². The first-order valence-corrected chi connectivity index (χ1v) is 8.53. The lowest BCUT2D eigenvalue weighted by Crippen LogP contribution is -2.41. The Morgan fingerprint density at radius 1 is 1.38 bits per heavy atom. The van der Waals surface area contributed by atoms with Crippen molar-refractivity contribution in [3.63, 3.8) is 0 Å². The van der Waals surface area contributed by atoms with Gasteiger partial charge < -0.3 is 9.64 Å². The summed E-state index contributed by atoms with van der Waals surface area (Å²) < 4.78 is 7.17. The lowest BCUT2D eigenvalue weighted by molar-refractivity contribution is -0.134. The van der Waals surface area contributed by atoms with Gasteiger partial charge in [0.05, 0.1) is 13.2 Å². The van der Waals surface area contributed by atoms with Gasteiger partial charge in [-0.1, -0.05) is 12.1 Å². The number of hydrogen-bond donors (Lipinski definition) is 0. The Hall–Kier alpha value is -2.37. The van der Waals surface area contributed by atoms with Gasteiger partial charge >= 0.3 is 0 Å². The van der Waals surface area contributed by atoms with Crippen LogP contribution in [0.4, 0.5) is 0 Å². The molecule has 1 amide bonds. The molecule has 2 aliphatic rings. The summed E-state index contributed by atoms with van der Waals surface area (Å²) in [4.78, 5) is 18.9. The number of rotatable bonds is 4. The number of nitrogens with zero attached hydrogens (tertiary/aromatic N) is 4. The molecule has 24 heavy (non-hydrogen) atoms. The van der Waals surface area contributed by atoms with Gasteiger partial charge in [0, 0.05) is 19.0 Å². The van der Waals surface area contributed by atoms with Gasteiger partial charge in [-0.2, -0.15) is 5.10 Å². The van der Waals surface area contributed by atoms with E-state index in [0.717, 1.165) is 38.1 Å². The first kappa shape index (κ1) is 15.2. The summed E-state index contributed by atoms with van der Waals surface area (Å²) in [5, 5.41) is 4.23. The standard InChI is InChI=1S/C18H22N4O2/c1-24-15-6-2-4-13(8-15)16-9-17(16)18(23)21-7-3-5-14(10-21)22-12-19-11-20-22/h2,4,6,8,11-12,14,16-17H,3,5,7,9-10H2,1H3. The summed E-state index contributed by atoms with van der Waals surface area (Å²) in [5.41, 5.74) is 1.21. The van der Waals surface area contributed by atoms with Gasteiger partial charge in [0.1, 0.15) is 18.4 Å². The van der Waals surface area contributed by atoms with Crippen molar-refractivity contribution in [1.82, 2.24) is 19.7 Å². The maximum Gasteiger partial charge on any atom is 0.226 e. The average molecular weight is 326 g/mol. The van der Waals surface area contributed by atoms with Crippen LogP contribution in [0.2, 0.25) is 0 Å². The second kappa shape index (κ2) is 6.26. The highest BCUT2D eigenvalue weighted by Crippen LogP contribution is 2.49. The van der Waals surface area contributed by atoms with Crippen LogP contribution in [-0.4, -0.2) is 45.8 Å². The highest BCUT2D eigenvalue weighted by Gasteiger charge is 2.46. The molecule has 0 spiro atoms. The Morgan fingerprint density at radius 2 is 2.29 bits per heavy atom. The maximum absolute atomic E-state index is 12.9. The van der Waals surface area contributed by atoms with E-state index in [2.05, 4.69) is 16.1 Å². The molecule has 2 heterocycles. The number of methoxy groups -OCH3 is 1. The highest BCUT2D eigenvalue weighted by atomic mass is 16.5. The number of amides is 1. The number of benzene rings is 1. The fourth-order valence-corrected chi connectivity index (χ4v) is 3.72. The zero-order chi connectivity index (χ0) is 16.5. The molecule has 2 aromatic rings. The number of carbonyl (C=O) groups is 1. The van der Waals surface area contributed by atoms with E-state index in [-0.39, 0.29) is 17.9 Å². The average Bonchev–Trinajstić information content (AvgIpc) is 3.25. The van der Waals surface area contributed by atoms with Crippen molar-refractivity contribution in [1.29, 1.82) is 0 Å². The fourth-order valence-electron chi connectivity index (χ4n) is 3.72. The number of carbonyl (C=O) groups excluding carboxylic acids is 1. The molecule has 6 heteroatoms. The summed E-state index contributed by atoms with van der Waals surface area (Å²) in [7, 11) is 1.67. The SMILES string of the molecule is COc1cccc(C2CC2C(=O)N2CCCC(n3cncn3)C2)c1. The molecule has 0 radical (unpaired) electrons. The second-order valence-corrected chi connectivity index (χ2v) is 6.68. The first-order chi connectivity index (χ1) is 11.8. The van der Waals surface area contributed by atoms with E-state index >= 15 is 0 Å². The van der Waals surface area contributed by atoms with E-state index in [1.165, 1.54) is 5.56 Å². The molecular weight excluding hydrogens is 304 g/mol. The molecule has 126 valence electrons. The lowest BCUT2D eigenvalue weighted by Gasteiger charge is -2.32. The van der Waals surface area contributed by atoms with Crippen molar-refractivity contribution < 1.29 is 9.53 Å². The fraction of sp³-hybridized carbons (Fsp3) is 0.500. The van der Waals surface area contributed by atoms with Gasteiger partial charge in [-0.3, -0.25) is 4.79 Å². The van der Waals surface area contributed by atoms with Crippen LogP contribution in [-0.2, 0) is 4.79 Å². The summed E-state index contributed by atoms with van der Waals surface area (Å²) >= 11 is 0. The summed E-state index contributed by atoms with van der Waals surface area (Å²) in [6.45, 7) is 1.59. The van der Waals surface area contributed by atoms with Crippen molar-refractivity contribution in [3.8, 4) is 5.75 Å². The van der Waals surface area contributed by atoms with E-state index < -0.39 is 0 Å². The molecule has 1 saturated heterocycles. The quantitative estimate of drug-likeness (QED) is 0.865. The van der Waals surface area contributed by atoms with Crippen LogP contribution in [0, 0.1) is 5.92 Å². The van der Waals surface area contributed by atoms with Gasteiger partial charge in [-0.25, -0.2) is 9.67 Å². The Bertz CT molecular complexity index is 716. The number of likely N-dealkylation sites (tertiary alicyclic amines) is 1. The van der Waals surface area contributed by atoms with Crippen molar-refractivity contribution in [2.45, 2.75) is 31.2 Å². The Balaban J connectivity index is 1.41. The van der Waals surface area contributed by atoms with E-state index in [1.54, 1.807) is 19.8 Å². The van der Waals surface area contributed by atoms with Gasteiger partial charge in [0.2, 0.25) is 5.91 Å². The zero-order valence-corrected chi connectivity index (χ0v) is 13.8. The third kappa shape index (κ3) is 2.88. The maximum atomic E-state index is 12.9. The summed E-state index contributed by atoms with van der Waals surface area (Å²) in [6, 6.07) is 8.33. The third-order valence-corrected chi connectivity index (χ3v) is 5.15. The largest absolute Gasteiger partial charge is 0.497 e. The summed E-state index contributed by atoms with van der Waals surface area (Å²) in [6.07, 6.45) is 6.32. The molecule has 3 unspecified atom stereocenters. The van der Waals surface area contributed by atoms with E-state index in [9.17, 15) is 4.79 Å². The van der Waals surface area contributed by atoms with Gasteiger partial charge in [-0.05, 0) is 42.9 Å². The van der Waals surface area contributed by atoms with E-state index in [4.69, 9.17) is 4.74 Å². The Kier molecular flexibility index (Phi) is 3.96. The highest BCUT2D eigenvalue weighted by molar-refractivity contribution is 5.83. The van der Waals surface area contributed by atoms with Crippen LogP contribution >= 0.6 is 0 Å². The summed E-state index contributed by atoms with van der Waals surface area (Å²) in [5.74, 6) is 1.59. The molecular formula is C18H22N4O2. The van der Waals surface area contributed by atoms with Crippen LogP contribution in [0.1, 0.15) is 36.8 Å². The van der Waals surface area contributed by atoms with Gasteiger partial charge in [-0.15, -0.1) is 0 Å². The lowest BCUT2D eigenvalue weighted by atomic mass is 10.0. The van der Waals surface area contributed by atoms with Crippen LogP contribution in [0.5, 0.6) is 5.75 Å². The van der Waals surface area contributed by atoms with Gasteiger partial charge in [0.25, 0.3) is 0 Å². The minimum atomic E-state index is 0.117. The molecule has 2 fully saturated rings. The number of piperidine rings is 1. The minimum absolute atomic E-state index is 0.117. The van der Waals surface area contributed by atoms with Crippen molar-refractivity contribution in [3.05, 3.63) is 42.5 Å². The van der Waals surface area contributed by atoms with Crippen molar-refractivity contribution >= 4 is 5.91 Å². The minimum Gasteiger partial charge on any atom is -0.497 e. The topological polar surface area (TPSA) is 60.2 Å². The number of hydrogen-bond acceptors (Lipinski definition) is 4. The molecule has 0 N–H and O–H groups in total. The first-order valence-electron chi connectivity index (χ1n) is 8.53. The predicted octanol–water partition coefficient (Wildman–Crippen LogP) is 2.25. The van der Waals surface area contributed by atoms with Crippen LogP contribution < -0.4 is 4.74 Å². The Morgan fingerprint density at radius 3 is 3.08 bits per heavy atom. The molecule has 6 nitrogen and oxygen atoms in total. The normalized spacial score (nSPS) is 26.2. The Labute approximate surface area is 141 Å². The number of aromatic nitrogens is 3.